The highest BCUT2D eigenvalue weighted by Gasteiger charge is 2.57. The molecule has 0 aromatic carbocycles. The zero-order valence-electron chi connectivity index (χ0n) is 14.1. The van der Waals surface area contributed by atoms with E-state index in [1.165, 1.54) is 57.8 Å². The van der Waals surface area contributed by atoms with Gasteiger partial charge in [-0.3, -0.25) is 4.79 Å². The summed E-state index contributed by atoms with van der Waals surface area (Å²) < 4.78 is 0. The second kappa shape index (κ2) is 5.61. The minimum atomic E-state index is -0.244. The number of Topliss-reactive ketones (excluding diaryl/α,β-unsaturated/α-hetero) is 1. The number of hydrogen-bond donors (Lipinski definition) is 1. The first kappa shape index (κ1) is 15.2. The molecule has 6 unspecified atom stereocenters. The maximum Gasteiger partial charge on any atom is 0.161 e. The molecule has 0 aliphatic heterocycles. The van der Waals surface area contributed by atoms with Crippen LogP contribution in [0.2, 0.25) is 0 Å². The van der Waals surface area contributed by atoms with Crippen LogP contribution in [0.15, 0.2) is 0 Å². The average molecular weight is 304 g/mol. The molecule has 0 amide bonds. The molecule has 2 nitrogen and oxygen atoms in total. The third kappa shape index (κ3) is 2.12. The molecule has 0 heterocycles. The lowest BCUT2D eigenvalue weighted by molar-refractivity contribution is -0.133. The summed E-state index contributed by atoms with van der Waals surface area (Å²) >= 11 is 0. The molecule has 7 atom stereocenters. The van der Waals surface area contributed by atoms with Crippen LogP contribution in [0.4, 0.5) is 0 Å². The first-order valence-corrected chi connectivity index (χ1v) is 9.78. The molecule has 2 heteroatoms. The van der Waals surface area contributed by atoms with Gasteiger partial charge in [-0.05, 0) is 80.0 Å². The van der Waals surface area contributed by atoms with Crippen LogP contribution in [0.5, 0.6) is 0 Å². The number of fused-ring (bicyclic) bond motifs is 5. The van der Waals surface area contributed by atoms with Gasteiger partial charge < -0.3 is 5.11 Å². The van der Waals surface area contributed by atoms with Gasteiger partial charge in [-0.1, -0.05) is 26.2 Å². The van der Waals surface area contributed by atoms with E-state index in [1.807, 2.05) is 0 Å². The lowest BCUT2D eigenvalue weighted by Gasteiger charge is -2.55. The molecule has 4 aliphatic rings. The summed E-state index contributed by atoms with van der Waals surface area (Å²) in [4.78, 5) is 12.2. The molecule has 0 spiro atoms. The number of rotatable bonds is 2. The SMILES string of the molecule is CC12CCC3C4CCCCC4CCC3C1CC[C@@H]2C(=O)CO. The fraction of sp³-hybridized carbons (Fsp3) is 0.950. The Balaban J connectivity index is 1.57. The average Bonchev–Trinajstić information content (AvgIpc) is 2.91. The molecule has 0 aromatic rings. The zero-order valence-corrected chi connectivity index (χ0v) is 14.1. The number of ketones is 1. The van der Waals surface area contributed by atoms with Crippen molar-refractivity contribution in [3.05, 3.63) is 0 Å². The predicted octanol–water partition coefficient (Wildman–Crippen LogP) is 4.21. The van der Waals surface area contributed by atoms with Gasteiger partial charge in [-0.15, -0.1) is 0 Å². The lowest BCUT2D eigenvalue weighted by atomic mass is 9.49. The van der Waals surface area contributed by atoms with Crippen LogP contribution in [0.1, 0.15) is 71.1 Å². The van der Waals surface area contributed by atoms with Gasteiger partial charge >= 0.3 is 0 Å². The summed E-state index contributed by atoms with van der Waals surface area (Å²) in [6.45, 7) is 2.14. The minimum absolute atomic E-state index is 0.120. The maximum absolute atomic E-state index is 12.2. The van der Waals surface area contributed by atoms with Gasteiger partial charge in [-0.2, -0.15) is 0 Å². The van der Waals surface area contributed by atoms with Crippen LogP contribution >= 0.6 is 0 Å². The Bertz CT molecular complexity index is 445. The van der Waals surface area contributed by atoms with Crippen LogP contribution in [0.3, 0.4) is 0 Å². The summed E-state index contributed by atoms with van der Waals surface area (Å²) in [7, 11) is 0. The van der Waals surface area contributed by atoms with E-state index in [0.29, 0.717) is 0 Å². The largest absolute Gasteiger partial charge is 0.389 e. The highest BCUT2D eigenvalue weighted by atomic mass is 16.3. The Labute approximate surface area is 135 Å². The Morgan fingerprint density at radius 2 is 1.77 bits per heavy atom. The quantitative estimate of drug-likeness (QED) is 0.830. The summed E-state index contributed by atoms with van der Waals surface area (Å²) in [5, 5.41) is 9.34. The van der Waals surface area contributed by atoms with Crippen LogP contribution in [-0.4, -0.2) is 17.5 Å². The molecule has 0 bridgehead atoms. The van der Waals surface area contributed by atoms with Gasteiger partial charge in [0.2, 0.25) is 0 Å². The van der Waals surface area contributed by atoms with Gasteiger partial charge in [0.15, 0.2) is 5.78 Å². The lowest BCUT2D eigenvalue weighted by Crippen LogP contribution is -2.49. The highest BCUT2D eigenvalue weighted by Crippen LogP contribution is 2.64. The van der Waals surface area contributed by atoms with Crippen molar-refractivity contribution >= 4 is 5.78 Å². The molecule has 4 saturated carbocycles. The fourth-order valence-corrected chi connectivity index (χ4v) is 7.47. The second-order valence-electron chi connectivity index (χ2n) is 9.02. The molecule has 124 valence electrons. The van der Waals surface area contributed by atoms with Crippen LogP contribution < -0.4 is 0 Å². The van der Waals surface area contributed by atoms with Gasteiger partial charge in [-0.25, -0.2) is 0 Å². The van der Waals surface area contributed by atoms with E-state index < -0.39 is 0 Å². The summed E-state index contributed by atoms with van der Waals surface area (Å²) in [5.41, 5.74) is 0.197. The molecule has 4 fully saturated rings. The molecule has 4 rings (SSSR count). The Hall–Kier alpha value is -0.370. The zero-order chi connectivity index (χ0) is 15.3. The molecule has 0 aromatic heterocycles. The number of carbonyl (C=O) groups excluding carboxylic acids is 1. The monoisotopic (exact) mass is 304 g/mol. The van der Waals surface area contributed by atoms with Crippen molar-refractivity contribution in [1.82, 2.24) is 0 Å². The molecular formula is C20H32O2. The van der Waals surface area contributed by atoms with Crippen molar-refractivity contribution in [3.8, 4) is 0 Å². The van der Waals surface area contributed by atoms with E-state index >= 15 is 0 Å². The second-order valence-corrected chi connectivity index (χ2v) is 9.02. The highest BCUT2D eigenvalue weighted by molar-refractivity contribution is 5.83. The first-order valence-electron chi connectivity index (χ1n) is 9.78. The van der Waals surface area contributed by atoms with Gasteiger partial charge in [0.25, 0.3) is 0 Å². The summed E-state index contributed by atoms with van der Waals surface area (Å²) in [6.07, 6.45) is 13.6. The Morgan fingerprint density at radius 1 is 0.955 bits per heavy atom. The molecule has 0 radical (unpaired) electrons. The number of hydrogen-bond acceptors (Lipinski definition) is 2. The van der Waals surface area contributed by atoms with Crippen molar-refractivity contribution in [2.24, 2.45) is 40.9 Å². The predicted molar refractivity (Wildman–Crippen MR) is 87.3 cm³/mol. The van der Waals surface area contributed by atoms with Crippen molar-refractivity contribution in [1.29, 1.82) is 0 Å². The van der Waals surface area contributed by atoms with Crippen LogP contribution in [0, 0.1) is 40.9 Å². The van der Waals surface area contributed by atoms with E-state index in [9.17, 15) is 9.90 Å². The summed E-state index contributed by atoms with van der Waals surface area (Å²) in [5.74, 6) is 4.90. The van der Waals surface area contributed by atoms with E-state index in [4.69, 9.17) is 0 Å². The van der Waals surface area contributed by atoms with Gasteiger partial charge in [0.1, 0.15) is 6.61 Å². The van der Waals surface area contributed by atoms with Crippen molar-refractivity contribution in [3.63, 3.8) is 0 Å². The molecule has 1 N–H and O–H groups in total. The van der Waals surface area contributed by atoms with Gasteiger partial charge in [0, 0.05) is 5.92 Å². The van der Waals surface area contributed by atoms with Crippen LogP contribution in [0.25, 0.3) is 0 Å². The third-order valence-corrected chi connectivity index (χ3v) is 8.43. The summed E-state index contributed by atoms with van der Waals surface area (Å²) in [6, 6.07) is 0. The molecular weight excluding hydrogens is 272 g/mol. The first-order chi connectivity index (χ1) is 10.6. The normalized spacial score (nSPS) is 50.8. The minimum Gasteiger partial charge on any atom is -0.389 e. The van der Waals surface area contributed by atoms with Crippen molar-refractivity contribution in [2.75, 3.05) is 6.61 Å². The maximum atomic E-state index is 12.2. The molecule has 0 saturated heterocycles. The number of aliphatic hydroxyl groups excluding tert-OH is 1. The van der Waals surface area contributed by atoms with E-state index in [0.717, 1.165) is 36.0 Å². The van der Waals surface area contributed by atoms with E-state index in [-0.39, 0.29) is 23.7 Å². The topological polar surface area (TPSA) is 37.3 Å². The Morgan fingerprint density at radius 3 is 2.59 bits per heavy atom. The third-order valence-electron chi connectivity index (χ3n) is 8.43. The number of carbonyl (C=O) groups is 1. The van der Waals surface area contributed by atoms with Crippen LogP contribution in [-0.2, 0) is 4.79 Å². The number of aliphatic hydroxyl groups is 1. The van der Waals surface area contributed by atoms with E-state index in [2.05, 4.69) is 6.92 Å². The smallest absolute Gasteiger partial charge is 0.161 e. The van der Waals surface area contributed by atoms with Gasteiger partial charge in [0.05, 0.1) is 0 Å². The Kier molecular flexibility index (Phi) is 3.87. The standard InChI is InChI=1S/C20H32O2/c1-20-11-10-15-14-5-3-2-4-13(14)6-7-16(15)17(20)8-9-18(20)19(22)12-21/h13-18,21H,2-12H2,1H3/t13?,14?,15?,16?,17?,18-,20?/m1/s1. The molecule has 22 heavy (non-hydrogen) atoms. The fourth-order valence-electron chi connectivity index (χ4n) is 7.47. The van der Waals surface area contributed by atoms with Crippen molar-refractivity contribution < 1.29 is 9.90 Å². The van der Waals surface area contributed by atoms with E-state index in [1.54, 1.807) is 0 Å². The van der Waals surface area contributed by atoms with Crippen molar-refractivity contribution in [2.45, 2.75) is 71.1 Å². The molecule has 4 aliphatic carbocycles.